The number of aliphatic carboxylic acids is 1. The molecule has 0 radical (unpaired) electrons. The van der Waals surface area contributed by atoms with Crippen LogP contribution in [0, 0.1) is 0 Å². The van der Waals surface area contributed by atoms with E-state index in [0.29, 0.717) is 0 Å². The molecule has 0 bridgehead atoms. The van der Waals surface area contributed by atoms with Gasteiger partial charge in [-0.15, -0.1) is 0 Å². The van der Waals surface area contributed by atoms with E-state index in [1.807, 2.05) is 0 Å². The van der Waals surface area contributed by atoms with Crippen molar-refractivity contribution in [3.63, 3.8) is 0 Å². The maximum Gasteiger partial charge on any atom is 0.328 e. The Labute approximate surface area is 56.4 Å². The zero-order valence-electron chi connectivity index (χ0n) is 4.52. The van der Waals surface area contributed by atoms with Gasteiger partial charge in [-0.1, -0.05) is 11.8 Å². The topological polar surface area (TPSA) is 75.7 Å². The fourth-order valence-electron chi connectivity index (χ4n) is 0.168. The van der Waals surface area contributed by atoms with Crippen LogP contribution in [0.25, 0.3) is 0 Å². The Morgan fingerprint density at radius 3 is 2.89 bits per heavy atom. The van der Waals surface area contributed by atoms with E-state index in [2.05, 4.69) is 5.10 Å². The Morgan fingerprint density at radius 1 is 1.78 bits per heavy atom. The Morgan fingerprint density at radius 2 is 2.44 bits per heavy atom. The summed E-state index contributed by atoms with van der Waals surface area (Å²) in [6.45, 7) is 0. The van der Waals surface area contributed by atoms with Crippen LogP contribution in [0.4, 0.5) is 0 Å². The maximum atomic E-state index is 9.79. The van der Waals surface area contributed by atoms with Crippen molar-refractivity contribution in [2.75, 3.05) is 0 Å². The number of carbonyl (C=O) groups is 1. The second kappa shape index (κ2) is 5.17. The first-order valence-electron chi connectivity index (χ1n) is 2.04. The van der Waals surface area contributed by atoms with E-state index in [4.69, 9.17) is 10.9 Å². The lowest BCUT2D eigenvalue weighted by Gasteiger charge is -1.76. The van der Waals surface area contributed by atoms with Gasteiger partial charge in [0, 0.05) is 6.08 Å². The summed E-state index contributed by atoms with van der Waals surface area (Å²) in [6.07, 6.45) is 1.01. The smallest absolute Gasteiger partial charge is 0.328 e. The van der Waals surface area contributed by atoms with Crippen LogP contribution in [0.1, 0.15) is 0 Å². The molecule has 0 aliphatic rings. The van der Waals surface area contributed by atoms with E-state index in [9.17, 15) is 4.79 Å². The fourth-order valence-corrected chi connectivity index (χ4v) is 0.503. The molecule has 0 aromatic rings. The van der Waals surface area contributed by atoms with Crippen LogP contribution < -0.4 is 5.84 Å². The molecule has 0 aromatic carbocycles. The minimum absolute atomic E-state index is 0.979. The summed E-state index contributed by atoms with van der Waals surface area (Å²) in [4.78, 5) is 9.79. The molecule has 5 heteroatoms. The Kier molecular flexibility index (Phi) is 4.61. The molecule has 4 nitrogen and oxygen atoms in total. The number of thioether (sulfide) groups is 1. The third-order valence-corrected chi connectivity index (χ3v) is 0.948. The van der Waals surface area contributed by atoms with Crippen molar-refractivity contribution in [2.45, 2.75) is 0 Å². The molecule has 0 aromatic heterocycles. The van der Waals surface area contributed by atoms with Gasteiger partial charge in [-0.2, -0.15) is 5.10 Å². The van der Waals surface area contributed by atoms with Crippen molar-refractivity contribution in [3.8, 4) is 0 Å². The van der Waals surface area contributed by atoms with E-state index in [-0.39, 0.29) is 0 Å². The minimum Gasteiger partial charge on any atom is -0.478 e. The molecule has 0 saturated carbocycles. The van der Waals surface area contributed by atoms with Gasteiger partial charge in [0.05, 0.1) is 5.55 Å². The Balaban J connectivity index is 3.36. The van der Waals surface area contributed by atoms with Crippen LogP contribution in [-0.4, -0.2) is 16.6 Å². The van der Waals surface area contributed by atoms with Crippen LogP contribution >= 0.6 is 11.8 Å². The van der Waals surface area contributed by atoms with Crippen molar-refractivity contribution in [1.29, 1.82) is 0 Å². The zero-order chi connectivity index (χ0) is 7.11. The van der Waals surface area contributed by atoms with Crippen molar-refractivity contribution in [3.05, 3.63) is 11.5 Å². The lowest BCUT2D eigenvalue weighted by molar-refractivity contribution is -0.131. The molecule has 50 valence electrons. The van der Waals surface area contributed by atoms with Gasteiger partial charge in [-0.3, -0.25) is 0 Å². The SMILES string of the molecule is NN=CS/C=C/C(=O)O. The van der Waals surface area contributed by atoms with Crippen LogP contribution in [0.2, 0.25) is 0 Å². The molecule has 0 heterocycles. The monoisotopic (exact) mass is 146 g/mol. The minimum atomic E-state index is -0.979. The van der Waals surface area contributed by atoms with Gasteiger partial charge >= 0.3 is 5.97 Å². The highest BCUT2D eigenvalue weighted by Crippen LogP contribution is 1.94. The van der Waals surface area contributed by atoms with Crippen molar-refractivity contribution in [1.82, 2.24) is 0 Å². The number of hydrogen-bond acceptors (Lipinski definition) is 4. The first-order chi connectivity index (χ1) is 4.27. The Hall–Kier alpha value is -0.970. The van der Waals surface area contributed by atoms with E-state index in [1.165, 1.54) is 11.0 Å². The molecule has 0 fully saturated rings. The zero-order valence-corrected chi connectivity index (χ0v) is 5.34. The predicted octanol–water partition coefficient (Wildman–Crippen LogP) is 0.220. The van der Waals surface area contributed by atoms with E-state index >= 15 is 0 Å². The van der Waals surface area contributed by atoms with E-state index < -0.39 is 5.97 Å². The highest BCUT2D eigenvalue weighted by molar-refractivity contribution is 8.14. The summed E-state index contributed by atoms with van der Waals surface area (Å²) in [5.41, 5.74) is 1.33. The van der Waals surface area contributed by atoms with Crippen molar-refractivity contribution in [2.24, 2.45) is 10.9 Å². The van der Waals surface area contributed by atoms with Gasteiger partial charge in [-0.05, 0) is 5.41 Å². The maximum absolute atomic E-state index is 9.79. The van der Waals surface area contributed by atoms with Crippen LogP contribution in [0.15, 0.2) is 16.6 Å². The molecular formula is C4H6N2O2S. The number of hydrogen-bond donors (Lipinski definition) is 2. The average Bonchev–Trinajstić information content (AvgIpc) is 1.80. The summed E-state index contributed by atoms with van der Waals surface area (Å²) < 4.78 is 0. The molecule has 9 heavy (non-hydrogen) atoms. The number of carboxylic acids is 1. The molecule has 0 aliphatic carbocycles. The Bertz CT molecular complexity index is 144. The van der Waals surface area contributed by atoms with Crippen molar-refractivity contribution >= 4 is 23.3 Å². The normalized spacial score (nSPS) is 11.1. The fraction of sp³-hybridized carbons (Fsp3) is 0. The summed E-state index contributed by atoms with van der Waals surface area (Å²) >= 11 is 1.10. The molecule has 0 unspecified atom stereocenters. The van der Waals surface area contributed by atoms with Gasteiger partial charge in [0.1, 0.15) is 0 Å². The quantitative estimate of drug-likeness (QED) is 0.196. The van der Waals surface area contributed by atoms with Gasteiger partial charge in [-0.25, -0.2) is 4.79 Å². The molecule has 0 aliphatic heterocycles. The lowest BCUT2D eigenvalue weighted by atomic mass is 10.7. The molecule has 3 N–H and O–H groups in total. The summed E-state index contributed by atoms with van der Waals surface area (Å²) in [6, 6.07) is 0. The number of nitrogens with zero attached hydrogens (tertiary/aromatic N) is 1. The second-order valence-corrected chi connectivity index (χ2v) is 1.79. The highest BCUT2D eigenvalue weighted by atomic mass is 32.2. The molecular weight excluding hydrogens is 140 g/mol. The summed E-state index contributed by atoms with van der Waals surface area (Å²) in [5.74, 6) is 3.73. The van der Waals surface area contributed by atoms with Gasteiger partial charge in [0.25, 0.3) is 0 Å². The van der Waals surface area contributed by atoms with Crippen molar-refractivity contribution < 1.29 is 9.90 Å². The average molecular weight is 146 g/mol. The first-order valence-corrected chi connectivity index (χ1v) is 2.98. The van der Waals surface area contributed by atoms with Crippen LogP contribution in [0.5, 0.6) is 0 Å². The van der Waals surface area contributed by atoms with Gasteiger partial charge < -0.3 is 10.9 Å². The van der Waals surface area contributed by atoms with Crippen LogP contribution in [0.3, 0.4) is 0 Å². The van der Waals surface area contributed by atoms with E-state index in [1.54, 1.807) is 0 Å². The summed E-state index contributed by atoms with van der Waals surface area (Å²) in [5, 5.41) is 12.5. The number of hydrazone groups is 1. The van der Waals surface area contributed by atoms with E-state index in [0.717, 1.165) is 17.8 Å². The molecule has 0 rings (SSSR count). The van der Waals surface area contributed by atoms with Gasteiger partial charge in [0.2, 0.25) is 0 Å². The second-order valence-electron chi connectivity index (χ2n) is 1.03. The molecule has 0 saturated heterocycles. The molecule has 0 atom stereocenters. The number of rotatable bonds is 3. The lowest BCUT2D eigenvalue weighted by Crippen LogP contribution is -1.84. The molecule has 0 amide bonds. The largest absolute Gasteiger partial charge is 0.478 e. The van der Waals surface area contributed by atoms with Crippen LogP contribution in [-0.2, 0) is 4.79 Å². The highest BCUT2D eigenvalue weighted by Gasteiger charge is 1.81. The summed E-state index contributed by atoms with van der Waals surface area (Å²) in [7, 11) is 0. The standard InChI is InChI=1S/C4H6N2O2S/c5-6-3-9-2-1-4(7)8/h1-3H,5H2,(H,7,8)/b2-1+,6-3?. The number of nitrogens with two attached hydrogens (primary N) is 1. The third kappa shape index (κ3) is 7.03. The third-order valence-electron chi connectivity index (χ3n) is 0.411. The number of carboxylic acid groups (broad SMARTS) is 1. The molecule has 0 spiro atoms. The van der Waals surface area contributed by atoms with Gasteiger partial charge in [0.15, 0.2) is 0 Å². The first kappa shape index (κ1) is 8.03. The predicted molar refractivity (Wildman–Crippen MR) is 37.0 cm³/mol.